The Morgan fingerprint density at radius 1 is 0.635 bits per heavy atom. The average Bonchev–Trinajstić information content (AvgIpc) is 3.83. The van der Waals surface area contributed by atoms with E-state index in [1.165, 1.54) is 104 Å². The molecule has 0 spiro atoms. The van der Waals surface area contributed by atoms with Gasteiger partial charge in [-0.25, -0.2) is 0 Å². The maximum atomic E-state index is 5.96. The molecule has 4 unspecified atom stereocenters. The number of fused-ring (bicyclic) bond motifs is 8. The number of allylic oxidation sites excluding steroid dienone is 3. The lowest BCUT2D eigenvalue weighted by Crippen LogP contribution is -2.24. The van der Waals surface area contributed by atoms with E-state index in [1.807, 2.05) is 24.7 Å². The van der Waals surface area contributed by atoms with Gasteiger partial charge in [0.25, 0.3) is 0 Å². The van der Waals surface area contributed by atoms with Gasteiger partial charge >= 0.3 is 0 Å². The van der Waals surface area contributed by atoms with Gasteiger partial charge in [-0.1, -0.05) is 100 Å². The summed E-state index contributed by atoms with van der Waals surface area (Å²) in [4.78, 5) is 5.92. The van der Waals surface area contributed by atoms with Crippen molar-refractivity contribution in [1.29, 1.82) is 0 Å². The van der Waals surface area contributed by atoms with Crippen molar-refractivity contribution < 1.29 is 0 Å². The van der Waals surface area contributed by atoms with Crippen molar-refractivity contribution in [3.63, 3.8) is 0 Å². The van der Waals surface area contributed by atoms with Gasteiger partial charge in [0, 0.05) is 59.5 Å². The van der Waals surface area contributed by atoms with Gasteiger partial charge in [0.2, 0.25) is 0 Å². The van der Waals surface area contributed by atoms with Crippen LogP contribution in [0.25, 0.3) is 88.4 Å². The summed E-state index contributed by atoms with van der Waals surface area (Å²) in [6, 6.07) is 43.2. The van der Waals surface area contributed by atoms with Crippen LogP contribution in [0.5, 0.6) is 0 Å². The van der Waals surface area contributed by atoms with Crippen molar-refractivity contribution in [1.82, 2.24) is 14.1 Å². The highest BCUT2D eigenvalue weighted by atomic mass is 127. The van der Waals surface area contributed by atoms with E-state index in [4.69, 9.17) is 5.73 Å². The van der Waals surface area contributed by atoms with Gasteiger partial charge in [-0.3, -0.25) is 4.98 Å². The number of halogens is 2. The maximum Gasteiger partial charge on any atom is 0.0645 e. The Bertz CT molecular complexity index is 3310. The number of nitrogens with two attached hydrogens (primary N) is 1. The van der Waals surface area contributed by atoms with Crippen molar-refractivity contribution in [2.24, 2.45) is 5.73 Å². The molecule has 2 aliphatic carbocycles. The Balaban J connectivity index is 0.00000153. The van der Waals surface area contributed by atoms with Gasteiger partial charge in [-0.15, -0.1) is 0 Å². The third kappa shape index (κ3) is 6.79. The molecule has 11 rings (SSSR count). The monoisotopic (exact) mass is 1080 g/mol. The summed E-state index contributed by atoms with van der Waals surface area (Å²) < 4.78 is 5.03. The van der Waals surface area contributed by atoms with E-state index in [9.17, 15) is 0 Å². The molecule has 0 radical (unpaired) electrons. The molecule has 314 valence electrons. The molecule has 2 aliphatic rings. The lowest BCUT2D eigenvalue weighted by molar-refractivity contribution is 0.584. The van der Waals surface area contributed by atoms with Crippen LogP contribution in [0.3, 0.4) is 0 Å². The van der Waals surface area contributed by atoms with Crippen molar-refractivity contribution in [3.05, 3.63) is 168 Å². The average molecular weight is 1080 g/mol. The van der Waals surface area contributed by atoms with Crippen LogP contribution in [0.2, 0.25) is 0 Å². The summed E-state index contributed by atoms with van der Waals surface area (Å²) in [5.74, 6) is 1.10. The SMILES string of the molecule is C/C(=C\C=C/N)n1c2ccc(-c3cccc(SI)c3)cc2c2cc3c4c(c21)C(C)C(C)c1c-4c(cc2c4cc(-c5ccccc5)ccc4n(-c4cccnc4)c12)C(C)C3C.CSI. The van der Waals surface area contributed by atoms with Gasteiger partial charge in [-0.2, -0.15) is 0 Å². The lowest BCUT2D eigenvalue weighted by atomic mass is 9.62. The summed E-state index contributed by atoms with van der Waals surface area (Å²) >= 11 is 4.59. The van der Waals surface area contributed by atoms with Crippen LogP contribution < -0.4 is 5.73 Å². The molecule has 63 heavy (non-hydrogen) atoms. The molecule has 8 heteroatoms. The molecule has 0 saturated heterocycles. The first kappa shape index (κ1) is 42.5. The molecule has 4 atom stereocenters. The second-order valence-electron chi connectivity index (χ2n) is 17.1. The highest BCUT2D eigenvalue weighted by molar-refractivity contribution is 14.2. The maximum absolute atomic E-state index is 5.96. The topological polar surface area (TPSA) is 48.8 Å². The first-order valence-electron chi connectivity index (χ1n) is 21.6. The Morgan fingerprint density at radius 3 is 1.86 bits per heavy atom. The third-order valence-electron chi connectivity index (χ3n) is 13.9. The van der Waals surface area contributed by atoms with Gasteiger partial charge in [-0.05, 0) is 193 Å². The van der Waals surface area contributed by atoms with Crippen LogP contribution in [-0.4, -0.2) is 20.4 Å². The van der Waals surface area contributed by atoms with E-state index in [0.717, 1.165) is 11.4 Å². The quantitative estimate of drug-likeness (QED) is 0.133. The number of rotatable bonds is 6. The number of benzene rings is 6. The van der Waals surface area contributed by atoms with E-state index in [-0.39, 0.29) is 11.8 Å². The molecule has 0 bridgehead atoms. The third-order valence-corrected chi connectivity index (χ3v) is 15.9. The molecular weight excluding hydrogens is 1030 g/mol. The molecule has 0 aliphatic heterocycles. The molecule has 9 aromatic rings. The molecule has 4 nitrogen and oxygen atoms in total. The Morgan fingerprint density at radius 2 is 1.22 bits per heavy atom. The summed E-state index contributed by atoms with van der Waals surface area (Å²) in [5, 5.41) is 5.23. The molecule has 2 N–H and O–H groups in total. The van der Waals surface area contributed by atoms with Crippen molar-refractivity contribution in [3.8, 4) is 39.1 Å². The molecule has 3 aromatic heterocycles. The van der Waals surface area contributed by atoms with Crippen LogP contribution >= 0.6 is 60.3 Å². The Hall–Kier alpha value is -4.49. The van der Waals surface area contributed by atoms with E-state index in [1.54, 1.807) is 24.1 Å². The number of hydrogen-bond donors (Lipinski definition) is 1. The standard InChI is InChI=1S/C54H45IN4S.CH3IS/c1-30(12-10-22-56)58-47-20-19-38(36-15-9-17-40(24-36)60-55)26-43(47)45-27-41-31(2)32(3)42-28-46-44-25-37(35-13-7-6-8-14-35)18-21-48(44)59(39-16-11-23-57-29-39)54(46)50-34(5)33(4)49(53(45)58)51(41)52(42)50;1-3-2/h6-29,31-34H,56H2,1-5H3;1H3/b22-10-,30-12+;. The zero-order valence-corrected chi connectivity index (χ0v) is 42.1. The Labute approximate surface area is 402 Å². The van der Waals surface area contributed by atoms with E-state index in [2.05, 4.69) is 212 Å². The molecule has 3 heterocycles. The van der Waals surface area contributed by atoms with E-state index < -0.39 is 0 Å². The number of nitrogens with zero attached hydrogens (tertiary/aromatic N) is 3. The first-order valence-corrected chi connectivity index (χ1v) is 28.7. The fourth-order valence-electron chi connectivity index (χ4n) is 10.8. The van der Waals surface area contributed by atoms with Gasteiger partial charge < -0.3 is 14.9 Å². The molecular formula is C55H48I2N4S2. The lowest BCUT2D eigenvalue weighted by Gasteiger charge is -2.42. The summed E-state index contributed by atoms with van der Waals surface area (Å²) in [6.07, 6.45) is 11.7. The Kier molecular flexibility index (Phi) is 11.6. The highest BCUT2D eigenvalue weighted by Gasteiger charge is 2.42. The fraction of sp³-hybridized carbons (Fsp3) is 0.182. The molecule has 0 saturated carbocycles. The molecule has 0 fully saturated rings. The van der Waals surface area contributed by atoms with Gasteiger partial charge in [0.1, 0.15) is 0 Å². The number of hydrogen-bond acceptors (Lipinski definition) is 4. The minimum atomic E-state index is 0.228. The van der Waals surface area contributed by atoms with Crippen LogP contribution in [-0.2, 0) is 0 Å². The smallest absolute Gasteiger partial charge is 0.0645 e. The highest BCUT2D eigenvalue weighted by Crippen LogP contribution is 2.61. The zero-order valence-electron chi connectivity index (χ0n) is 36.2. The second-order valence-corrected chi connectivity index (χ2v) is 22.0. The van der Waals surface area contributed by atoms with Crippen LogP contribution in [0, 0.1) is 0 Å². The summed E-state index contributed by atoms with van der Waals surface area (Å²) in [7, 11) is 3.48. The molecule has 0 amide bonds. The summed E-state index contributed by atoms with van der Waals surface area (Å²) in [6.45, 7) is 12.1. The van der Waals surface area contributed by atoms with Crippen molar-refractivity contribution in [2.45, 2.75) is 63.2 Å². The van der Waals surface area contributed by atoms with E-state index in [0.29, 0.717) is 11.8 Å². The van der Waals surface area contributed by atoms with Gasteiger partial charge in [0.15, 0.2) is 0 Å². The predicted molar refractivity (Wildman–Crippen MR) is 292 cm³/mol. The largest absolute Gasteiger partial charge is 0.405 e. The number of pyridine rings is 1. The van der Waals surface area contributed by atoms with Crippen LogP contribution in [0.4, 0.5) is 0 Å². The minimum Gasteiger partial charge on any atom is -0.405 e. The van der Waals surface area contributed by atoms with E-state index >= 15 is 0 Å². The van der Waals surface area contributed by atoms with Gasteiger partial charge in [0.05, 0.1) is 34.0 Å². The van der Waals surface area contributed by atoms with Crippen molar-refractivity contribution >= 4 is 110 Å². The summed E-state index contributed by atoms with van der Waals surface area (Å²) in [5.41, 5.74) is 26.9. The van der Waals surface area contributed by atoms with Crippen LogP contribution in [0.1, 0.15) is 80.5 Å². The zero-order chi connectivity index (χ0) is 43.7. The fourth-order valence-corrected chi connectivity index (χ4v) is 11.9. The normalized spacial score (nSPS) is 18.1. The minimum absolute atomic E-state index is 0.228. The van der Waals surface area contributed by atoms with Crippen LogP contribution in [0.15, 0.2) is 151 Å². The molecule has 6 aromatic carbocycles. The van der Waals surface area contributed by atoms with Crippen molar-refractivity contribution in [2.75, 3.05) is 6.26 Å². The number of aromatic nitrogens is 3. The second kappa shape index (κ2) is 17.1. The first-order chi connectivity index (χ1) is 30.7. The predicted octanol–water partition coefficient (Wildman–Crippen LogP) is 17.2.